The number of hydrogen-bond donors (Lipinski definition) is 0. The van der Waals surface area contributed by atoms with Gasteiger partial charge in [-0.05, 0) is 196 Å². The number of benzene rings is 15. The molecule has 0 saturated carbocycles. The standard InChI is InChI=1S/C97H66N2O2/c1-95(2)83-32-12-5-21-71(83)76-51-48-65(57-88(76)95)98(63-44-39-59(40-45-63)69-28-19-30-81-79-26-10-17-37-91(79)100-93(69)81)67-53-62(61-43-50-78-75-25-9-16-36-87(75)97(90(78)55-61)85-34-14-7-23-73(85)74-24-8-15-35-86(74)97)54-68(56-67)99(66-49-52-77-72-22-6-13-33-84(72)96(3,4)89(77)58-66)64-46-41-60(42-47-64)70-29-20-31-82-80-27-11-18-38-92(80)101-94(70)82/h5-58H,1-4H3. The third-order valence-corrected chi connectivity index (χ3v) is 23.1. The highest BCUT2D eigenvalue weighted by Gasteiger charge is 2.52. The van der Waals surface area contributed by atoms with Crippen molar-refractivity contribution in [2.45, 2.75) is 43.9 Å². The van der Waals surface area contributed by atoms with Gasteiger partial charge in [-0.25, -0.2) is 0 Å². The van der Waals surface area contributed by atoms with Crippen molar-refractivity contribution in [2.24, 2.45) is 0 Å². The van der Waals surface area contributed by atoms with E-state index in [-0.39, 0.29) is 10.8 Å². The highest BCUT2D eigenvalue weighted by atomic mass is 16.3. The van der Waals surface area contributed by atoms with Crippen molar-refractivity contribution in [3.63, 3.8) is 0 Å². The third-order valence-electron chi connectivity index (χ3n) is 23.1. The van der Waals surface area contributed by atoms with Crippen LogP contribution in [0.5, 0.6) is 0 Å². The largest absolute Gasteiger partial charge is 0.455 e. The monoisotopic (exact) mass is 1290 g/mol. The molecule has 0 N–H and O–H groups in total. The lowest BCUT2D eigenvalue weighted by molar-refractivity contribution is 0.660. The molecule has 15 aromatic carbocycles. The summed E-state index contributed by atoms with van der Waals surface area (Å²) in [6.07, 6.45) is 0. The Hall–Kier alpha value is -12.5. The number of nitrogens with zero attached hydrogens (tertiary/aromatic N) is 2. The normalized spacial score (nSPS) is 14.2. The summed E-state index contributed by atoms with van der Waals surface area (Å²) in [6.45, 7) is 9.53. The van der Waals surface area contributed by atoms with Gasteiger partial charge in [0.2, 0.25) is 0 Å². The fraction of sp³-hybridized carbons (Fsp3) is 0.0722. The molecule has 4 heteroatoms. The van der Waals surface area contributed by atoms with Crippen molar-refractivity contribution in [1.82, 2.24) is 0 Å². The molecular weight excluding hydrogens is 1230 g/mol. The van der Waals surface area contributed by atoms with Gasteiger partial charge in [-0.15, -0.1) is 0 Å². The fourth-order valence-corrected chi connectivity index (χ4v) is 18.4. The maximum atomic E-state index is 6.71. The first-order valence-electron chi connectivity index (χ1n) is 35.3. The zero-order valence-electron chi connectivity index (χ0n) is 56.4. The predicted molar refractivity (Wildman–Crippen MR) is 418 cm³/mol. The smallest absolute Gasteiger partial charge is 0.143 e. The van der Waals surface area contributed by atoms with Crippen molar-refractivity contribution in [3.05, 3.63) is 372 Å². The van der Waals surface area contributed by atoms with Gasteiger partial charge in [0, 0.05) is 77.6 Å². The number of anilines is 6. The second-order valence-electron chi connectivity index (χ2n) is 29.0. The Morgan fingerprint density at radius 3 is 0.980 bits per heavy atom. The quantitative estimate of drug-likeness (QED) is 0.144. The highest BCUT2D eigenvalue weighted by molar-refractivity contribution is 6.11. The van der Waals surface area contributed by atoms with E-state index >= 15 is 0 Å². The molecule has 101 heavy (non-hydrogen) atoms. The maximum Gasteiger partial charge on any atom is 0.143 e. The minimum atomic E-state index is -0.542. The third kappa shape index (κ3) is 8.19. The molecular formula is C97H66N2O2. The second-order valence-corrected chi connectivity index (χ2v) is 29.0. The molecule has 2 aromatic heterocycles. The first-order chi connectivity index (χ1) is 49.6. The summed E-state index contributed by atoms with van der Waals surface area (Å²) in [5.74, 6) is 0. The SMILES string of the molecule is CC1(C)c2ccccc2-c2ccc(N(c3ccc(-c4cccc5c4oc4ccccc45)cc3)c3cc(-c4ccc5c(c4)C4(c6ccccc6-c6ccccc64)c4ccccc4-5)cc(N(c4ccc(-c5cccc6c5oc5ccccc56)cc4)c4ccc5c(c4)C(C)(C)c4ccccc4-5)c3)cc21. The Morgan fingerprint density at radius 2 is 0.535 bits per heavy atom. The number of furan rings is 2. The van der Waals surface area contributed by atoms with E-state index < -0.39 is 5.41 Å². The van der Waals surface area contributed by atoms with Crippen molar-refractivity contribution >= 4 is 78.0 Å². The van der Waals surface area contributed by atoms with E-state index in [1.165, 1.54) is 89.0 Å². The Bertz CT molecular complexity index is 6000. The number of fused-ring (bicyclic) bond motifs is 22. The van der Waals surface area contributed by atoms with Gasteiger partial charge in [0.25, 0.3) is 0 Å². The second kappa shape index (κ2) is 21.3. The van der Waals surface area contributed by atoms with E-state index in [9.17, 15) is 0 Å². The summed E-state index contributed by atoms with van der Waals surface area (Å²) < 4.78 is 13.4. The van der Waals surface area contributed by atoms with E-state index in [4.69, 9.17) is 8.83 Å². The summed E-state index contributed by atoms with van der Waals surface area (Å²) in [7, 11) is 0. The predicted octanol–water partition coefficient (Wildman–Crippen LogP) is 26.4. The lowest BCUT2D eigenvalue weighted by Crippen LogP contribution is -2.25. The molecule has 1 spiro atoms. The highest BCUT2D eigenvalue weighted by Crippen LogP contribution is 2.64. The molecule has 2 heterocycles. The molecule has 0 amide bonds. The molecule has 0 unspecified atom stereocenters. The van der Waals surface area contributed by atoms with Crippen LogP contribution in [0.1, 0.15) is 72.2 Å². The molecule has 21 rings (SSSR count). The molecule has 0 radical (unpaired) electrons. The van der Waals surface area contributed by atoms with Crippen LogP contribution in [0.2, 0.25) is 0 Å². The van der Waals surface area contributed by atoms with Crippen LogP contribution in [-0.2, 0) is 16.2 Å². The number of rotatable bonds is 9. The minimum Gasteiger partial charge on any atom is -0.455 e. The van der Waals surface area contributed by atoms with Crippen LogP contribution in [0.3, 0.4) is 0 Å². The molecule has 476 valence electrons. The molecule has 4 aliphatic carbocycles. The summed E-state index contributed by atoms with van der Waals surface area (Å²) in [5.41, 5.74) is 35.9. The summed E-state index contributed by atoms with van der Waals surface area (Å²) in [4.78, 5) is 5.01. The topological polar surface area (TPSA) is 32.8 Å². The van der Waals surface area contributed by atoms with E-state index in [1.54, 1.807) is 0 Å². The van der Waals surface area contributed by atoms with E-state index in [1.807, 2.05) is 12.1 Å². The Labute approximate surface area is 586 Å². The van der Waals surface area contributed by atoms with Crippen molar-refractivity contribution in [1.29, 1.82) is 0 Å². The molecule has 0 aliphatic heterocycles. The van der Waals surface area contributed by atoms with Crippen LogP contribution in [0.15, 0.2) is 336 Å². The van der Waals surface area contributed by atoms with Crippen LogP contribution in [0.25, 0.3) is 122 Å². The zero-order chi connectivity index (χ0) is 67.0. The van der Waals surface area contributed by atoms with Crippen LogP contribution in [0, 0.1) is 0 Å². The average molecular weight is 1290 g/mol. The summed E-state index contributed by atoms with van der Waals surface area (Å²) >= 11 is 0. The van der Waals surface area contributed by atoms with Gasteiger partial charge >= 0.3 is 0 Å². The van der Waals surface area contributed by atoms with Crippen LogP contribution < -0.4 is 9.80 Å². The fourth-order valence-electron chi connectivity index (χ4n) is 18.4. The van der Waals surface area contributed by atoms with Crippen LogP contribution in [-0.4, -0.2) is 0 Å². The average Bonchev–Trinajstić information content (AvgIpc) is 1.51. The first kappa shape index (κ1) is 57.6. The molecule has 4 nitrogen and oxygen atoms in total. The van der Waals surface area contributed by atoms with E-state index in [0.29, 0.717) is 0 Å². The van der Waals surface area contributed by atoms with Gasteiger partial charge in [-0.1, -0.05) is 270 Å². The van der Waals surface area contributed by atoms with E-state index in [2.05, 4.69) is 353 Å². The summed E-state index contributed by atoms with van der Waals surface area (Å²) in [5, 5.41) is 4.45. The number of para-hydroxylation sites is 4. The zero-order valence-corrected chi connectivity index (χ0v) is 56.4. The molecule has 0 bridgehead atoms. The minimum absolute atomic E-state index is 0.259. The van der Waals surface area contributed by atoms with Gasteiger partial charge in [0.15, 0.2) is 0 Å². The Morgan fingerprint density at radius 1 is 0.208 bits per heavy atom. The maximum absolute atomic E-state index is 6.71. The van der Waals surface area contributed by atoms with Gasteiger partial charge < -0.3 is 18.6 Å². The molecule has 4 aliphatic rings. The molecule has 0 atom stereocenters. The van der Waals surface area contributed by atoms with Gasteiger partial charge in [-0.3, -0.25) is 0 Å². The summed E-state index contributed by atoms with van der Waals surface area (Å²) in [6, 6.07) is 122. The van der Waals surface area contributed by atoms with Gasteiger partial charge in [0.05, 0.1) is 5.41 Å². The van der Waals surface area contributed by atoms with Gasteiger partial charge in [0.1, 0.15) is 22.3 Å². The van der Waals surface area contributed by atoms with Crippen LogP contribution >= 0.6 is 0 Å². The molecule has 0 fully saturated rings. The Balaban J connectivity index is 0.819. The van der Waals surface area contributed by atoms with E-state index in [0.717, 1.165) is 111 Å². The molecule has 0 saturated heterocycles. The first-order valence-corrected chi connectivity index (χ1v) is 35.3. The Kier molecular flexibility index (Phi) is 12.1. The van der Waals surface area contributed by atoms with Gasteiger partial charge in [-0.2, -0.15) is 0 Å². The van der Waals surface area contributed by atoms with Crippen molar-refractivity contribution in [2.75, 3.05) is 9.80 Å². The van der Waals surface area contributed by atoms with Crippen molar-refractivity contribution in [3.8, 4) is 77.9 Å². The molecule has 17 aromatic rings. The van der Waals surface area contributed by atoms with Crippen LogP contribution in [0.4, 0.5) is 34.1 Å². The lowest BCUT2D eigenvalue weighted by atomic mass is 9.70. The number of hydrogen-bond acceptors (Lipinski definition) is 4. The lowest BCUT2D eigenvalue weighted by Gasteiger charge is -2.32. The van der Waals surface area contributed by atoms with Crippen molar-refractivity contribution < 1.29 is 8.83 Å².